The van der Waals surface area contributed by atoms with Crippen LogP contribution in [0.15, 0.2) is 53.5 Å². The van der Waals surface area contributed by atoms with Gasteiger partial charge in [-0.3, -0.25) is 4.99 Å². The maximum absolute atomic E-state index is 11.9. The fourth-order valence-corrected chi connectivity index (χ4v) is 5.01. The van der Waals surface area contributed by atoms with Crippen LogP contribution in [0.3, 0.4) is 0 Å². The van der Waals surface area contributed by atoms with Crippen molar-refractivity contribution in [1.29, 1.82) is 0 Å². The van der Waals surface area contributed by atoms with Crippen molar-refractivity contribution in [3.05, 3.63) is 69.7 Å². The van der Waals surface area contributed by atoms with Gasteiger partial charge in [-0.15, -0.1) is 0 Å². The van der Waals surface area contributed by atoms with Crippen molar-refractivity contribution in [2.45, 2.75) is 31.4 Å². The lowest BCUT2D eigenvalue weighted by Crippen LogP contribution is -2.52. The molecule has 3 rings (SSSR count). The number of nitrogens with zero attached hydrogens (tertiary/aromatic N) is 2. The zero-order valence-corrected chi connectivity index (χ0v) is 17.9. The number of rotatable bonds is 6. The summed E-state index contributed by atoms with van der Waals surface area (Å²) in [4.78, 5) is 6.48. The summed E-state index contributed by atoms with van der Waals surface area (Å²) in [6.45, 7) is 2.92. The molecule has 0 aromatic heterocycles. The molecule has 0 saturated carbocycles. The Morgan fingerprint density at radius 2 is 1.59 bits per heavy atom. The molecule has 1 saturated heterocycles. The van der Waals surface area contributed by atoms with E-state index in [-0.39, 0.29) is 5.92 Å². The summed E-state index contributed by atoms with van der Waals surface area (Å²) in [6, 6.07) is 15.4. The average molecular weight is 423 g/mol. The van der Waals surface area contributed by atoms with Gasteiger partial charge in [0.1, 0.15) is 0 Å². The van der Waals surface area contributed by atoms with Gasteiger partial charge >= 0.3 is 0 Å². The van der Waals surface area contributed by atoms with Crippen LogP contribution in [0.1, 0.15) is 36.8 Å². The first-order valence-electron chi connectivity index (χ1n) is 9.10. The Labute approximate surface area is 175 Å². The molecule has 1 aliphatic rings. The van der Waals surface area contributed by atoms with E-state index in [9.17, 15) is 5.11 Å². The molecule has 144 valence electrons. The second-order valence-electron chi connectivity index (χ2n) is 6.71. The quantitative estimate of drug-likeness (QED) is 0.652. The molecule has 2 aromatic rings. The van der Waals surface area contributed by atoms with Crippen molar-refractivity contribution < 1.29 is 5.11 Å². The Bertz CT molecular complexity index is 749. The van der Waals surface area contributed by atoms with Gasteiger partial charge in [0.15, 0.2) is 10.9 Å². The number of aliphatic imine (C=N–C) groups is 1. The minimum atomic E-state index is -1.07. The minimum absolute atomic E-state index is 0.240. The van der Waals surface area contributed by atoms with E-state index in [1.54, 1.807) is 18.8 Å². The number of unbranched alkanes of at least 4 members (excludes halogenated alkanes) is 1. The minimum Gasteiger partial charge on any atom is -0.369 e. The van der Waals surface area contributed by atoms with Crippen LogP contribution in [0.2, 0.25) is 10.0 Å². The standard InChI is InChI=1S/C21H24Cl2N2OS/c1-3-4-13-25-20(24-2)27-14-21(25,26)19(15-5-9-17(22)10-6-15)16-7-11-18(23)12-8-16/h5-12,19,26H,3-4,13-14H2,1-2H3/b24-20+. The van der Waals surface area contributed by atoms with Crippen molar-refractivity contribution >= 4 is 40.1 Å². The van der Waals surface area contributed by atoms with Gasteiger partial charge in [0.25, 0.3) is 0 Å². The lowest BCUT2D eigenvalue weighted by Gasteiger charge is -2.41. The molecule has 0 amide bonds. The van der Waals surface area contributed by atoms with E-state index >= 15 is 0 Å². The molecular weight excluding hydrogens is 399 g/mol. The Hall–Kier alpha value is -1.20. The summed E-state index contributed by atoms with van der Waals surface area (Å²) in [7, 11) is 1.78. The van der Waals surface area contributed by atoms with E-state index in [0.717, 1.165) is 35.7 Å². The van der Waals surface area contributed by atoms with E-state index in [1.807, 2.05) is 48.5 Å². The van der Waals surface area contributed by atoms with Crippen LogP contribution in [-0.4, -0.2) is 40.2 Å². The second-order valence-corrected chi connectivity index (χ2v) is 8.53. The summed E-state index contributed by atoms with van der Waals surface area (Å²) < 4.78 is 0. The van der Waals surface area contributed by atoms with Crippen molar-refractivity contribution in [2.24, 2.45) is 4.99 Å². The highest BCUT2D eigenvalue weighted by atomic mass is 35.5. The molecule has 1 aliphatic heterocycles. The summed E-state index contributed by atoms with van der Waals surface area (Å²) >= 11 is 13.8. The molecule has 1 heterocycles. The Morgan fingerprint density at radius 3 is 2.04 bits per heavy atom. The highest BCUT2D eigenvalue weighted by Gasteiger charge is 2.49. The van der Waals surface area contributed by atoms with E-state index in [4.69, 9.17) is 23.2 Å². The maximum Gasteiger partial charge on any atom is 0.161 e. The number of hydrogen-bond acceptors (Lipinski definition) is 3. The highest BCUT2D eigenvalue weighted by Crippen LogP contribution is 2.45. The number of amidine groups is 1. The molecule has 6 heteroatoms. The first kappa shape index (κ1) is 20.5. The maximum atomic E-state index is 11.9. The van der Waals surface area contributed by atoms with Gasteiger partial charge in [0, 0.05) is 29.4 Å². The second kappa shape index (κ2) is 8.87. The van der Waals surface area contributed by atoms with E-state index in [0.29, 0.717) is 15.8 Å². The fraction of sp³-hybridized carbons (Fsp3) is 0.381. The van der Waals surface area contributed by atoms with Crippen molar-refractivity contribution in [2.75, 3.05) is 19.3 Å². The first-order chi connectivity index (χ1) is 13.0. The smallest absolute Gasteiger partial charge is 0.161 e. The molecule has 0 aliphatic carbocycles. The summed E-state index contributed by atoms with van der Waals surface area (Å²) in [6.07, 6.45) is 2.05. The van der Waals surface area contributed by atoms with Gasteiger partial charge in [-0.1, -0.05) is 72.6 Å². The van der Waals surface area contributed by atoms with Gasteiger partial charge < -0.3 is 10.0 Å². The van der Waals surface area contributed by atoms with Gasteiger partial charge in [0.05, 0.1) is 5.92 Å². The lowest BCUT2D eigenvalue weighted by atomic mass is 9.82. The third kappa shape index (κ3) is 4.29. The van der Waals surface area contributed by atoms with E-state index < -0.39 is 5.72 Å². The van der Waals surface area contributed by atoms with Crippen LogP contribution in [0.5, 0.6) is 0 Å². The molecule has 3 nitrogen and oxygen atoms in total. The van der Waals surface area contributed by atoms with Gasteiger partial charge in [-0.05, 0) is 41.8 Å². The molecular formula is C21H24Cl2N2OS. The summed E-state index contributed by atoms with van der Waals surface area (Å²) in [5.41, 5.74) is 0.962. The molecule has 0 bridgehead atoms. The number of aliphatic hydroxyl groups is 1. The van der Waals surface area contributed by atoms with Crippen LogP contribution in [0.25, 0.3) is 0 Å². The first-order valence-corrected chi connectivity index (χ1v) is 10.8. The SMILES string of the molecule is CCCCN1/C(=N\C)SCC1(O)C(c1ccc(Cl)cc1)c1ccc(Cl)cc1. The largest absolute Gasteiger partial charge is 0.369 e. The molecule has 0 spiro atoms. The third-order valence-corrected chi connectivity index (χ3v) is 6.64. The van der Waals surface area contributed by atoms with E-state index in [1.165, 1.54) is 0 Å². The van der Waals surface area contributed by atoms with Gasteiger partial charge in [-0.25, -0.2) is 0 Å². The van der Waals surface area contributed by atoms with Crippen LogP contribution >= 0.6 is 35.0 Å². The average Bonchev–Trinajstić information content (AvgIpc) is 2.99. The predicted octanol–water partition coefficient (Wildman–Crippen LogP) is 5.65. The Kier molecular flexibility index (Phi) is 6.74. The van der Waals surface area contributed by atoms with Gasteiger partial charge in [-0.2, -0.15) is 0 Å². The molecule has 1 atom stereocenters. The van der Waals surface area contributed by atoms with Gasteiger partial charge in [0.2, 0.25) is 0 Å². The zero-order valence-electron chi connectivity index (χ0n) is 15.5. The highest BCUT2D eigenvalue weighted by molar-refractivity contribution is 8.14. The fourth-order valence-electron chi connectivity index (χ4n) is 3.56. The van der Waals surface area contributed by atoms with Crippen LogP contribution in [0, 0.1) is 0 Å². The van der Waals surface area contributed by atoms with Crippen LogP contribution in [0.4, 0.5) is 0 Å². The van der Waals surface area contributed by atoms with Crippen molar-refractivity contribution in [1.82, 2.24) is 4.90 Å². The molecule has 0 radical (unpaired) electrons. The van der Waals surface area contributed by atoms with Crippen molar-refractivity contribution in [3.8, 4) is 0 Å². The lowest BCUT2D eigenvalue weighted by molar-refractivity contribution is -0.0559. The number of halogens is 2. The third-order valence-electron chi connectivity index (χ3n) is 4.91. The van der Waals surface area contributed by atoms with Crippen LogP contribution < -0.4 is 0 Å². The number of hydrogen-bond donors (Lipinski definition) is 1. The molecule has 2 aromatic carbocycles. The molecule has 1 fully saturated rings. The topological polar surface area (TPSA) is 35.8 Å². The molecule has 1 unspecified atom stereocenters. The number of benzene rings is 2. The summed E-state index contributed by atoms with van der Waals surface area (Å²) in [5.74, 6) is 0.315. The van der Waals surface area contributed by atoms with Crippen molar-refractivity contribution in [3.63, 3.8) is 0 Å². The predicted molar refractivity (Wildman–Crippen MR) is 117 cm³/mol. The Balaban J connectivity index is 2.10. The summed E-state index contributed by atoms with van der Waals surface area (Å²) in [5, 5.41) is 14.2. The number of thioether (sulfide) groups is 1. The van der Waals surface area contributed by atoms with E-state index in [2.05, 4.69) is 16.8 Å². The normalized spacial score (nSPS) is 21.4. The zero-order chi connectivity index (χ0) is 19.4. The Morgan fingerprint density at radius 1 is 1.07 bits per heavy atom. The monoisotopic (exact) mass is 422 g/mol. The van der Waals surface area contributed by atoms with Crippen LogP contribution in [-0.2, 0) is 0 Å². The molecule has 27 heavy (non-hydrogen) atoms. The molecule has 1 N–H and O–H groups in total.